The highest BCUT2D eigenvalue weighted by molar-refractivity contribution is 7.86. The first-order chi connectivity index (χ1) is 16.8. The quantitative estimate of drug-likeness (QED) is 0.149. The number of rotatable bonds is 7. The zero-order valence-corrected chi connectivity index (χ0v) is 19.5. The third-order valence-electron chi connectivity index (χ3n) is 4.56. The van der Waals surface area contributed by atoms with Gasteiger partial charge in [0, 0.05) is 5.57 Å². The number of hydrogen-bond acceptors (Lipinski definition) is 11. The van der Waals surface area contributed by atoms with Crippen molar-refractivity contribution in [3.63, 3.8) is 0 Å². The lowest BCUT2D eigenvalue weighted by atomic mass is 10.1. The Hall–Kier alpha value is -4.25. The molecule has 0 bridgehead atoms. The van der Waals surface area contributed by atoms with Crippen molar-refractivity contribution in [3.05, 3.63) is 71.6 Å². The minimum atomic E-state index is -4.69. The number of azo groups is 2. The number of nitrogens with two attached hydrogens (primary N) is 1. The summed E-state index contributed by atoms with van der Waals surface area (Å²) in [6.45, 7) is 0. The first kappa shape index (κ1) is 26.4. The number of benzene rings is 2. The van der Waals surface area contributed by atoms with Gasteiger partial charge in [0.1, 0.15) is 11.4 Å². The number of phenols is 1. The van der Waals surface area contributed by atoms with Crippen LogP contribution in [-0.4, -0.2) is 42.1 Å². The smallest absolute Gasteiger partial charge is 0.337 e. The van der Waals surface area contributed by atoms with E-state index >= 15 is 0 Å². The van der Waals surface area contributed by atoms with Gasteiger partial charge in [0.05, 0.1) is 21.0 Å². The number of carboxylic acid groups (broad SMARTS) is 1. The number of phenolic OH excluding ortho intramolecular Hbond substituents is 1. The van der Waals surface area contributed by atoms with Crippen LogP contribution in [0.3, 0.4) is 0 Å². The normalized spacial score (nSPS) is 15.6. The second-order valence-corrected chi connectivity index (χ2v) is 9.90. The molecule has 0 heterocycles. The fourth-order valence-electron chi connectivity index (χ4n) is 2.80. The summed E-state index contributed by atoms with van der Waals surface area (Å²) in [5.41, 5.74) is 4.26. The first-order valence-corrected chi connectivity index (χ1v) is 12.5. The SMILES string of the molecule is Nc1cc(S(=O)(=O)O)cc(N=N/C(N=Nc2cc(S(=O)(=O)O)ccc2C(=O)O)=C2\C=CC=CC2)c1O. The van der Waals surface area contributed by atoms with E-state index < -0.39 is 64.4 Å². The predicted molar refractivity (Wildman–Crippen MR) is 125 cm³/mol. The monoisotopic (exact) mass is 535 g/mol. The Kier molecular flexibility index (Phi) is 7.44. The van der Waals surface area contributed by atoms with Crippen LogP contribution in [-0.2, 0) is 20.2 Å². The molecule has 16 heteroatoms. The second kappa shape index (κ2) is 10.2. The molecule has 0 unspecified atom stereocenters. The highest BCUT2D eigenvalue weighted by Gasteiger charge is 2.18. The van der Waals surface area contributed by atoms with Gasteiger partial charge in [-0.2, -0.15) is 16.8 Å². The number of aromatic carboxylic acids is 1. The van der Waals surface area contributed by atoms with Crippen LogP contribution >= 0.6 is 0 Å². The van der Waals surface area contributed by atoms with E-state index in [4.69, 9.17) is 5.73 Å². The number of aromatic hydroxyl groups is 1. The second-order valence-electron chi connectivity index (χ2n) is 7.05. The standard InChI is InChI=1S/C20H17N5O9S2/c21-15-8-13(36(32,33)34)10-17(18(15)26)23-25-19(11-4-2-1-3-5-11)24-22-16-9-12(35(29,30)31)6-7-14(16)20(27)28/h1-4,6-10,26H,5,21H2,(H,27,28)(H,29,30,31)(H,32,33,34)/b19-11+,24-22?,25-23?. The highest BCUT2D eigenvalue weighted by atomic mass is 32.2. The molecule has 0 aliphatic heterocycles. The Balaban J connectivity index is 2.13. The van der Waals surface area contributed by atoms with Crippen molar-refractivity contribution in [2.45, 2.75) is 16.2 Å². The van der Waals surface area contributed by atoms with Gasteiger partial charge in [-0.1, -0.05) is 24.3 Å². The van der Waals surface area contributed by atoms with E-state index in [9.17, 15) is 40.9 Å². The number of nitrogen functional groups attached to an aromatic ring is 1. The van der Waals surface area contributed by atoms with Gasteiger partial charge in [0.25, 0.3) is 20.2 Å². The van der Waals surface area contributed by atoms with Crippen LogP contribution in [0.2, 0.25) is 0 Å². The lowest BCUT2D eigenvalue weighted by Crippen LogP contribution is -2.01. The lowest BCUT2D eigenvalue weighted by molar-refractivity contribution is 0.0697. The molecule has 0 amide bonds. The van der Waals surface area contributed by atoms with Gasteiger partial charge in [-0.15, -0.1) is 20.5 Å². The fraction of sp³-hybridized carbons (Fsp3) is 0.0500. The third kappa shape index (κ3) is 6.25. The molecular formula is C20H17N5O9S2. The molecule has 2 aromatic carbocycles. The van der Waals surface area contributed by atoms with Gasteiger partial charge in [-0.3, -0.25) is 9.11 Å². The summed E-state index contributed by atoms with van der Waals surface area (Å²) in [7, 11) is -9.37. The number of hydrogen-bond donors (Lipinski definition) is 5. The highest BCUT2D eigenvalue weighted by Crippen LogP contribution is 2.36. The zero-order valence-electron chi connectivity index (χ0n) is 17.9. The average Bonchev–Trinajstić information content (AvgIpc) is 2.80. The van der Waals surface area contributed by atoms with Crippen molar-refractivity contribution in [1.82, 2.24) is 0 Å². The molecule has 0 fully saturated rings. The summed E-state index contributed by atoms with van der Waals surface area (Å²) >= 11 is 0. The predicted octanol–water partition coefficient (Wildman–Crippen LogP) is 3.76. The molecule has 0 radical (unpaired) electrons. The van der Waals surface area contributed by atoms with Crippen LogP contribution in [0.1, 0.15) is 16.8 Å². The molecule has 36 heavy (non-hydrogen) atoms. The molecular weight excluding hydrogens is 518 g/mol. The fourth-order valence-corrected chi connectivity index (χ4v) is 3.84. The summed E-state index contributed by atoms with van der Waals surface area (Å²) in [6.07, 6.45) is 6.91. The zero-order chi connectivity index (χ0) is 26.7. The van der Waals surface area contributed by atoms with Gasteiger partial charge in [-0.05, 0) is 36.8 Å². The van der Waals surface area contributed by atoms with E-state index in [0.29, 0.717) is 5.57 Å². The van der Waals surface area contributed by atoms with Crippen LogP contribution in [0, 0.1) is 0 Å². The summed E-state index contributed by atoms with van der Waals surface area (Å²) in [4.78, 5) is 10.2. The Morgan fingerprint density at radius 3 is 2.06 bits per heavy atom. The number of nitrogens with zero attached hydrogens (tertiary/aromatic N) is 4. The Labute approximate surface area is 204 Å². The number of anilines is 1. The molecule has 0 saturated carbocycles. The van der Waals surface area contributed by atoms with E-state index in [1.54, 1.807) is 24.3 Å². The van der Waals surface area contributed by atoms with Crippen molar-refractivity contribution >= 4 is 43.3 Å². The van der Waals surface area contributed by atoms with Gasteiger partial charge in [0.15, 0.2) is 11.6 Å². The molecule has 1 aliphatic carbocycles. The molecule has 0 saturated heterocycles. The molecule has 2 aromatic rings. The van der Waals surface area contributed by atoms with Gasteiger partial charge >= 0.3 is 5.97 Å². The van der Waals surface area contributed by atoms with E-state index in [1.165, 1.54) is 0 Å². The van der Waals surface area contributed by atoms with Crippen molar-refractivity contribution in [1.29, 1.82) is 0 Å². The summed E-state index contributed by atoms with van der Waals surface area (Å²) < 4.78 is 64.3. The van der Waals surface area contributed by atoms with Crippen molar-refractivity contribution in [3.8, 4) is 5.75 Å². The number of allylic oxidation sites excluding steroid dienone is 5. The van der Waals surface area contributed by atoms with Crippen LogP contribution in [0.5, 0.6) is 5.75 Å². The van der Waals surface area contributed by atoms with Crippen LogP contribution in [0.15, 0.2) is 96.3 Å². The Bertz CT molecular complexity index is 1610. The summed E-state index contributed by atoms with van der Waals surface area (Å²) in [5, 5.41) is 34.7. The molecule has 0 atom stereocenters. The summed E-state index contributed by atoms with van der Waals surface area (Å²) in [5.74, 6) is -2.32. The number of carboxylic acids is 1. The maximum atomic E-state index is 11.5. The lowest BCUT2D eigenvalue weighted by Gasteiger charge is -2.07. The van der Waals surface area contributed by atoms with Crippen molar-refractivity contribution in [2.75, 3.05) is 5.73 Å². The van der Waals surface area contributed by atoms with Crippen molar-refractivity contribution < 1.29 is 40.9 Å². The van der Waals surface area contributed by atoms with Gasteiger partial charge < -0.3 is 15.9 Å². The van der Waals surface area contributed by atoms with Gasteiger partial charge in [0.2, 0.25) is 0 Å². The average molecular weight is 536 g/mol. The van der Waals surface area contributed by atoms with E-state index in [2.05, 4.69) is 20.5 Å². The van der Waals surface area contributed by atoms with Crippen LogP contribution in [0.4, 0.5) is 17.1 Å². The van der Waals surface area contributed by atoms with Crippen LogP contribution < -0.4 is 5.73 Å². The largest absolute Gasteiger partial charge is 0.504 e. The number of carbonyl (C=O) groups is 1. The van der Waals surface area contributed by atoms with Crippen LogP contribution in [0.25, 0.3) is 0 Å². The van der Waals surface area contributed by atoms with E-state index in [1.807, 2.05) is 0 Å². The van der Waals surface area contributed by atoms with E-state index in [-0.39, 0.29) is 12.2 Å². The van der Waals surface area contributed by atoms with E-state index in [0.717, 1.165) is 30.3 Å². The third-order valence-corrected chi connectivity index (χ3v) is 6.24. The van der Waals surface area contributed by atoms with Crippen molar-refractivity contribution in [2.24, 2.45) is 20.5 Å². The molecule has 1 aliphatic rings. The maximum absolute atomic E-state index is 11.5. The molecule has 0 spiro atoms. The van der Waals surface area contributed by atoms with Gasteiger partial charge in [-0.25, -0.2) is 4.79 Å². The molecule has 14 nitrogen and oxygen atoms in total. The molecule has 3 rings (SSSR count). The molecule has 0 aromatic heterocycles. The summed E-state index contributed by atoms with van der Waals surface area (Å²) in [6, 6.07) is 4.20. The minimum Gasteiger partial charge on any atom is -0.504 e. The Morgan fingerprint density at radius 2 is 1.50 bits per heavy atom. The Morgan fingerprint density at radius 1 is 0.889 bits per heavy atom. The first-order valence-electron chi connectivity index (χ1n) is 9.62. The topological polar surface area (TPSA) is 242 Å². The molecule has 6 N–H and O–H groups in total. The molecule has 188 valence electrons. The maximum Gasteiger partial charge on any atom is 0.337 e. The minimum absolute atomic E-state index is 0.223.